The lowest BCUT2D eigenvalue weighted by Crippen LogP contribution is -2.02. The molecule has 0 aliphatic rings. The number of para-hydroxylation sites is 5. The Balaban J connectivity index is 0.898. The molecular weight excluding hydrogens is 913 g/mol. The molecule has 0 fully saturated rings. The van der Waals surface area contributed by atoms with Crippen molar-refractivity contribution >= 4 is 65.4 Å². The first-order valence-electron chi connectivity index (χ1n) is 25.4. The van der Waals surface area contributed by atoms with Crippen LogP contribution in [0.3, 0.4) is 0 Å². The van der Waals surface area contributed by atoms with Gasteiger partial charge in [-0.2, -0.15) is 0 Å². The molecule has 0 unspecified atom stereocenters. The second-order valence-electron chi connectivity index (χ2n) is 19.2. The molecule has 0 saturated heterocycles. The molecule has 11 aromatic carbocycles. The fourth-order valence-electron chi connectivity index (χ4n) is 11.5. The predicted octanol–water partition coefficient (Wildman–Crippen LogP) is 17.5. The highest BCUT2D eigenvalue weighted by atomic mass is 15.0. The molecule has 4 aromatic heterocycles. The van der Waals surface area contributed by atoms with Crippen molar-refractivity contribution in [3.05, 3.63) is 267 Å². The van der Waals surface area contributed by atoms with Crippen molar-refractivity contribution in [2.24, 2.45) is 0 Å². The molecule has 0 spiro atoms. The predicted molar refractivity (Wildman–Crippen MR) is 310 cm³/mol. The van der Waals surface area contributed by atoms with E-state index in [1.165, 1.54) is 54.5 Å². The number of nitrogens with zero attached hydrogens (tertiary/aromatic N) is 6. The third-order valence-corrected chi connectivity index (χ3v) is 14.9. The van der Waals surface area contributed by atoms with Crippen LogP contribution in [0, 0.1) is 0 Å². The van der Waals surface area contributed by atoms with Crippen LogP contribution in [0.1, 0.15) is 0 Å². The monoisotopic (exact) mass is 956 g/mol. The highest BCUT2D eigenvalue weighted by molar-refractivity contribution is 6.13. The Labute approximate surface area is 432 Å². The van der Waals surface area contributed by atoms with Gasteiger partial charge in [-0.15, -0.1) is 0 Å². The minimum Gasteiger partial charge on any atom is -0.309 e. The zero-order valence-electron chi connectivity index (χ0n) is 40.6. The molecule has 0 aliphatic heterocycles. The Morgan fingerprint density at radius 2 is 0.587 bits per heavy atom. The first-order chi connectivity index (χ1) is 37.2. The van der Waals surface area contributed by atoms with Crippen LogP contribution in [0.2, 0.25) is 0 Å². The fourth-order valence-corrected chi connectivity index (χ4v) is 11.5. The standard InChI is InChI=1S/C69H44N6/c1-4-19-45(20-5-1)67-70-68(46-21-6-2-7-22-46)72-69(71-67)50-35-38-53(66(44-50)75-62-33-16-10-27-54(62)55-28-11-17-34-63(55)75)49-23-18-26-52(41-49)74-61-32-15-13-30-57(61)59-43-48(37-40-65(59)74)47-36-39-64-58(42-47)56-29-12-14-31-60(56)73(64)51-24-8-3-9-25-51/h1-44H. The number of fused-ring (bicyclic) bond motifs is 9. The molecule has 15 aromatic rings. The maximum absolute atomic E-state index is 5.18. The molecule has 0 amide bonds. The second kappa shape index (κ2) is 17.3. The highest BCUT2D eigenvalue weighted by Crippen LogP contribution is 2.42. The fraction of sp³-hybridized carbons (Fsp3) is 0. The van der Waals surface area contributed by atoms with Crippen molar-refractivity contribution in [3.63, 3.8) is 0 Å². The summed E-state index contributed by atoms with van der Waals surface area (Å²) in [6.07, 6.45) is 0. The van der Waals surface area contributed by atoms with Gasteiger partial charge in [0.15, 0.2) is 17.5 Å². The smallest absolute Gasteiger partial charge is 0.164 e. The Morgan fingerprint density at radius 1 is 0.213 bits per heavy atom. The van der Waals surface area contributed by atoms with Gasteiger partial charge in [-0.05, 0) is 95.6 Å². The molecule has 0 saturated carbocycles. The lowest BCUT2D eigenvalue weighted by Gasteiger charge is -2.17. The SMILES string of the molecule is c1ccc(-c2nc(-c3ccccc3)nc(-c3ccc(-c4cccc(-n5c6ccccc6c6cc(-c7ccc8c(c7)c7ccccc7n8-c7ccccc7)ccc65)c4)c(-n4c5ccccc5c5ccccc54)c3)n2)cc1. The van der Waals surface area contributed by atoms with Crippen molar-refractivity contribution in [3.8, 4) is 73.5 Å². The number of hydrogen-bond donors (Lipinski definition) is 0. The van der Waals surface area contributed by atoms with Gasteiger partial charge in [0.05, 0.1) is 38.8 Å². The van der Waals surface area contributed by atoms with Gasteiger partial charge in [0, 0.05) is 65.9 Å². The van der Waals surface area contributed by atoms with Crippen LogP contribution in [-0.4, -0.2) is 28.7 Å². The van der Waals surface area contributed by atoms with Crippen LogP contribution in [0.4, 0.5) is 0 Å². The van der Waals surface area contributed by atoms with Crippen LogP contribution >= 0.6 is 0 Å². The maximum atomic E-state index is 5.18. The van der Waals surface area contributed by atoms with Crippen molar-refractivity contribution in [2.75, 3.05) is 0 Å². The molecule has 4 heterocycles. The van der Waals surface area contributed by atoms with Gasteiger partial charge < -0.3 is 13.7 Å². The van der Waals surface area contributed by atoms with E-state index in [0.29, 0.717) is 17.5 Å². The van der Waals surface area contributed by atoms with Crippen LogP contribution < -0.4 is 0 Å². The van der Waals surface area contributed by atoms with Crippen molar-refractivity contribution in [1.82, 2.24) is 28.7 Å². The summed E-state index contributed by atoms with van der Waals surface area (Å²) in [6, 6.07) is 95.4. The van der Waals surface area contributed by atoms with E-state index in [0.717, 1.165) is 66.9 Å². The van der Waals surface area contributed by atoms with E-state index in [4.69, 9.17) is 15.0 Å². The molecule has 0 aliphatic carbocycles. The number of benzene rings is 11. The molecule has 0 bridgehead atoms. The van der Waals surface area contributed by atoms with Crippen LogP contribution in [0.15, 0.2) is 267 Å². The van der Waals surface area contributed by atoms with Gasteiger partial charge in [-0.3, -0.25) is 0 Å². The van der Waals surface area contributed by atoms with E-state index in [-0.39, 0.29) is 0 Å². The number of hydrogen-bond acceptors (Lipinski definition) is 3. The Hall–Kier alpha value is -10.2. The van der Waals surface area contributed by atoms with Crippen LogP contribution in [0.25, 0.3) is 139 Å². The summed E-state index contributed by atoms with van der Waals surface area (Å²) in [5.74, 6) is 1.86. The summed E-state index contributed by atoms with van der Waals surface area (Å²) in [6.45, 7) is 0. The summed E-state index contributed by atoms with van der Waals surface area (Å²) >= 11 is 0. The molecule has 6 heteroatoms. The van der Waals surface area contributed by atoms with E-state index in [1.54, 1.807) is 0 Å². The largest absolute Gasteiger partial charge is 0.309 e. The topological polar surface area (TPSA) is 53.5 Å². The average molecular weight is 957 g/mol. The minimum absolute atomic E-state index is 0.605. The quantitative estimate of drug-likeness (QED) is 0.152. The van der Waals surface area contributed by atoms with Gasteiger partial charge in [0.25, 0.3) is 0 Å². The normalized spacial score (nSPS) is 11.7. The summed E-state index contributed by atoms with van der Waals surface area (Å²) in [4.78, 5) is 15.4. The molecule has 75 heavy (non-hydrogen) atoms. The first-order valence-corrected chi connectivity index (χ1v) is 25.4. The lowest BCUT2D eigenvalue weighted by atomic mass is 9.99. The van der Waals surface area contributed by atoms with E-state index in [9.17, 15) is 0 Å². The minimum atomic E-state index is 0.605. The molecule has 0 N–H and O–H groups in total. The van der Waals surface area contributed by atoms with Gasteiger partial charge in [0.2, 0.25) is 0 Å². The van der Waals surface area contributed by atoms with E-state index < -0.39 is 0 Å². The van der Waals surface area contributed by atoms with Crippen LogP contribution in [-0.2, 0) is 0 Å². The highest BCUT2D eigenvalue weighted by Gasteiger charge is 2.21. The maximum Gasteiger partial charge on any atom is 0.164 e. The van der Waals surface area contributed by atoms with Crippen LogP contribution in [0.5, 0.6) is 0 Å². The zero-order chi connectivity index (χ0) is 49.4. The Morgan fingerprint density at radius 3 is 1.11 bits per heavy atom. The lowest BCUT2D eigenvalue weighted by molar-refractivity contribution is 1.07. The molecule has 15 rings (SSSR count). The van der Waals surface area contributed by atoms with Gasteiger partial charge in [0.1, 0.15) is 0 Å². The first kappa shape index (κ1) is 42.5. The molecule has 0 atom stereocenters. The van der Waals surface area contributed by atoms with E-state index >= 15 is 0 Å². The van der Waals surface area contributed by atoms with Gasteiger partial charge in [-0.1, -0.05) is 188 Å². The van der Waals surface area contributed by atoms with Gasteiger partial charge in [-0.25, -0.2) is 15.0 Å². The van der Waals surface area contributed by atoms with E-state index in [2.05, 4.69) is 244 Å². The summed E-state index contributed by atoms with van der Waals surface area (Å²) in [5.41, 5.74) is 17.5. The van der Waals surface area contributed by atoms with Crippen molar-refractivity contribution in [2.45, 2.75) is 0 Å². The molecule has 0 radical (unpaired) electrons. The summed E-state index contributed by atoms with van der Waals surface area (Å²) in [5, 5.41) is 7.28. The molecule has 350 valence electrons. The molecular formula is C69H44N6. The molecule has 6 nitrogen and oxygen atoms in total. The zero-order valence-corrected chi connectivity index (χ0v) is 40.6. The van der Waals surface area contributed by atoms with E-state index in [1.807, 2.05) is 36.4 Å². The van der Waals surface area contributed by atoms with Crippen molar-refractivity contribution in [1.29, 1.82) is 0 Å². The Bertz CT molecular complexity index is 4590. The van der Waals surface area contributed by atoms with Crippen molar-refractivity contribution < 1.29 is 0 Å². The number of aromatic nitrogens is 6. The third kappa shape index (κ3) is 6.99. The third-order valence-electron chi connectivity index (χ3n) is 14.9. The summed E-state index contributed by atoms with van der Waals surface area (Å²) < 4.78 is 7.20. The number of rotatable bonds is 8. The Kier molecular flexibility index (Phi) is 9.78. The average Bonchev–Trinajstić information content (AvgIpc) is 4.16. The second-order valence-corrected chi connectivity index (χ2v) is 19.2. The summed E-state index contributed by atoms with van der Waals surface area (Å²) in [7, 11) is 0. The van der Waals surface area contributed by atoms with Gasteiger partial charge >= 0.3 is 0 Å².